The predicted molar refractivity (Wildman–Crippen MR) is 83.8 cm³/mol. The standard InChI is InChI=1S/C17H25N3/c1-4-10-18-16(15-8-6-5-7-9-15)13-20-12-11-19-17(20)14(2)3/h5-9,11-12,14,16,18H,4,10,13H2,1-3H3. The van der Waals surface area contributed by atoms with Gasteiger partial charge in [-0.25, -0.2) is 4.98 Å². The highest BCUT2D eigenvalue weighted by Crippen LogP contribution is 2.19. The summed E-state index contributed by atoms with van der Waals surface area (Å²) in [6.45, 7) is 8.54. The third-order valence-corrected chi connectivity index (χ3v) is 3.49. The molecule has 0 aliphatic rings. The minimum absolute atomic E-state index is 0.336. The molecule has 1 N–H and O–H groups in total. The second-order valence-electron chi connectivity index (χ2n) is 5.51. The summed E-state index contributed by atoms with van der Waals surface area (Å²) in [5.41, 5.74) is 1.34. The molecular weight excluding hydrogens is 246 g/mol. The average Bonchev–Trinajstić information content (AvgIpc) is 2.92. The van der Waals surface area contributed by atoms with Crippen molar-refractivity contribution >= 4 is 0 Å². The van der Waals surface area contributed by atoms with Gasteiger partial charge in [0.25, 0.3) is 0 Å². The number of aromatic nitrogens is 2. The summed E-state index contributed by atoms with van der Waals surface area (Å²) in [6, 6.07) is 11.0. The van der Waals surface area contributed by atoms with Crippen LogP contribution in [0.1, 0.15) is 50.5 Å². The number of hydrogen-bond acceptors (Lipinski definition) is 2. The maximum atomic E-state index is 4.48. The molecule has 0 amide bonds. The van der Waals surface area contributed by atoms with Crippen LogP contribution >= 0.6 is 0 Å². The van der Waals surface area contributed by atoms with Crippen LogP contribution in [-0.4, -0.2) is 16.1 Å². The van der Waals surface area contributed by atoms with E-state index < -0.39 is 0 Å². The Hall–Kier alpha value is -1.61. The fraction of sp³-hybridized carbons (Fsp3) is 0.471. The lowest BCUT2D eigenvalue weighted by atomic mass is 10.1. The van der Waals surface area contributed by atoms with Gasteiger partial charge in [-0.2, -0.15) is 0 Å². The van der Waals surface area contributed by atoms with Gasteiger partial charge in [0.1, 0.15) is 5.82 Å². The largest absolute Gasteiger partial charge is 0.333 e. The predicted octanol–water partition coefficient (Wildman–Crippen LogP) is 3.75. The third-order valence-electron chi connectivity index (χ3n) is 3.49. The topological polar surface area (TPSA) is 29.9 Å². The second-order valence-corrected chi connectivity index (χ2v) is 5.51. The Labute approximate surface area is 122 Å². The van der Waals surface area contributed by atoms with Gasteiger partial charge in [0.2, 0.25) is 0 Å². The van der Waals surface area contributed by atoms with E-state index in [4.69, 9.17) is 0 Å². The Kier molecular flexibility index (Phi) is 5.36. The molecular formula is C17H25N3. The normalized spacial score (nSPS) is 12.8. The van der Waals surface area contributed by atoms with Crippen molar-refractivity contribution in [3.05, 3.63) is 54.1 Å². The van der Waals surface area contributed by atoms with Crippen molar-refractivity contribution in [2.75, 3.05) is 6.54 Å². The summed E-state index contributed by atoms with van der Waals surface area (Å²) in [5.74, 6) is 1.61. The number of rotatable bonds is 7. The molecule has 20 heavy (non-hydrogen) atoms. The molecule has 1 aromatic carbocycles. The molecule has 0 aliphatic carbocycles. The van der Waals surface area contributed by atoms with Crippen LogP contribution in [0, 0.1) is 0 Å². The lowest BCUT2D eigenvalue weighted by Gasteiger charge is -2.21. The van der Waals surface area contributed by atoms with Crippen molar-refractivity contribution in [2.45, 2.75) is 45.7 Å². The molecule has 1 atom stereocenters. The van der Waals surface area contributed by atoms with Crippen molar-refractivity contribution in [1.82, 2.24) is 14.9 Å². The maximum Gasteiger partial charge on any atom is 0.111 e. The molecule has 0 radical (unpaired) electrons. The summed E-state index contributed by atoms with van der Waals surface area (Å²) < 4.78 is 2.27. The van der Waals surface area contributed by atoms with Crippen LogP contribution in [0.3, 0.4) is 0 Å². The molecule has 0 fully saturated rings. The van der Waals surface area contributed by atoms with Gasteiger partial charge in [-0.05, 0) is 18.5 Å². The Balaban J connectivity index is 2.17. The van der Waals surface area contributed by atoms with Gasteiger partial charge in [-0.1, -0.05) is 51.1 Å². The molecule has 3 nitrogen and oxygen atoms in total. The van der Waals surface area contributed by atoms with E-state index in [-0.39, 0.29) is 0 Å². The Bertz CT molecular complexity index is 502. The number of imidazole rings is 1. The molecule has 0 spiro atoms. The van der Waals surface area contributed by atoms with E-state index >= 15 is 0 Å². The van der Waals surface area contributed by atoms with Crippen molar-refractivity contribution < 1.29 is 0 Å². The SMILES string of the molecule is CCCNC(Cn1ccnc1C(C)C)c1ccccc1. The molecule has 1 aromatic heterocycles. The van der Waals surface area contributed by atoms with E-state index in [9.17, 15) is 0 Å². The van der Waals surface area contributed by atoms with Crippen LogP contribution in [0.25, 0.3) is 0 Å². The highest BCUT2D eigenvalue weighted by molar-refractivity contribution is 5.19. The summed E-state index contributed by atoms with van der Waals surface area (Å²) in [5, 5.41) is 3.64. The van der Waals surface area contributed by atoms with Crippen LogP contribution in [0.4, 0.5) is 0 Å². The van der Waals surface area contributed by atoms with E-state index in [2.05, 4.69) is 72.2 Å². The summed E-state index contributed by atoms with van der Waals surface area (Å²) >= 11 is 0. The smallest absolute Gasteiger partial charge is 0.111 e. The minimum atomic E-state index is 0.336. The van der Waals surface area contributed by atoms with Crippen LogP contribution < -0.4 is 5.32 Å². The number of nitrogens with zero attached hydrogens (tertiary/aromatic N) is 2. The number of nitrogens with one attached hydrogen (secondary N) is 1. The highest BCUT2D eigenvalue weighted by Gasteiger charge is 2.14. The average molecular weight is 271 g/mol. The Morgan fingerprint density at radius 2 is 1.95 bits per heavy atom. The van der Waals surface area contributed by atoms with Crippen molar-refractivity contribution in [1.29, 1.82) is 0 Å². The molecule has 108 valence electrons. The van der Waals surface area contributed by atoms with Crippen molar-refractivity contribution in [3.63, 3.8) is 0 Å². The van der Waals surface area contributed by atoms with Gasteiger partial charge in [-0.3, -0.25) is 0 Å². The molecule has 0 saturated carbocycles. The molecule has 2 aromatic rings. The van der Waals surface area contributed by atoms with E-state index in [0.29, 0.717) is 12.0 Å². The Morgan fingerprint density at radius 3 is 2.60 bits per heavy atom. The molecule has 0 saturated heterocycles. The molecule has 3 heteroatoms. The lowest BCUT2D eigenvalue weighted by Crippen LogP contribution is -2.27. The van der Waals surface area contributed by atoms with Crippen LogP contribution in [0.5, 0.6) is 0 Å². The Morgan fingerprint density at radius 1 is 1.20 bits per heavy atom. The van der Waals surface area contributed by atoms with Gasteiger partial charge in [0.05, 0.1) is 6.04 Å². The van der Waals surface area contributed by atoms with Gasteiger partial charge in [0.15, 0.2) is 0 Å². The van der Waals surface area contributed by atoms with Crippen LogP contribution in [0.15, 0.2) is 42.7 Å². The van der Waals surface area contributed by atoms with Gasteiger partial charge in [-0.15, -0.1) is 0 Å². The molecule has 2 rings (SSSR count). The minimum Gasteiger partial charge on any atom is -0.333 e. The molecule has 0 bridgehead atoms. The van der Waals surface area contributed by atoms with Gasteiger partial charge < -0.3 is 9.88 Å². The first kappa shape index (κ1) is 14.8. The van der Waals surface area contributed by atoms with Crippen molar-refractivity contribution in [2.24, 2.45) is 0 Å². The highest BCUT2D eigenvalue weighted by atomic mass is 15.1. The first-order valence-corrected chi connectivity index (χ1v) is 7.51. The summed E-state index contributed by atoms with van der Waals surface area (Å²) in [6.07, 6.45) is 5.13. The lowest BCUT2D eigenvalue weighted by molar-refractivity contribution is 0.450. The zero-order valence-electron chi connectivity index (χ0n) is 12.7. The van der Waals surface area contributed by atoms with Gasteiger partial charge in [0, 0.05) is 24.9 Å². The summed E-state index contributed by atoms with van der Waals surface area (Å²) in [4.78, 5) is 4.48. The monoisotopic (exact) mass is 271 g/mol. The van der Waals surface area contributed by atoms with Crippen molar-refractivity contribution in [3.8, 4) is 0 Å². The number of benzene rings is 1. The zero-order chi connectivity index (χ0) is 14.4. The first-order valence-electron chi connectivity index (χ1n) is 7.51. The molecule has 0 aliphatic heterocycles. The zero-order valence-corrected chi connectivity index (χ0v) is 12.7. The van der Waals surface area contributed by atoms with E-state index in [1.807, 2.05) is 6.20 Å². The maximum absolute atomic E-state index is 4.48. The van der Waals surface area contributed by atoms with Crippen LogP contribution in [0.2, 0.25) is 0 Å². The van der Waals surface area contributed by atoms with E-state index in [1.54, 1.807) is 0 Å². The van der Waals surface area contributed by atoms with E-state index in [0.717, 1.165) is 25.3 Å². The van der Waals surface area contributed by atoms with Gasteiger partial charge >= 0.3 is 0 Å². The molecule has 1 heterocycles. The first-order chi connectivity index (χ1) is 9.72. The van der Waals surface area contributed by atoms with E-state index in [1.165, 1.54) is 5.56 Å². The molecule has 1 unspecified atom stereocenters. The quantitative estimate of drug-likeness (QED) is 0.831. The fourth-order valence-electron chi connectivity index (χ4n) is 2.46. The summed E-state index contributed by atoms with van der Waals surface area (Å²) in [7, 11) is 0. The second kappa shape index (κ2) is 7.25. The number of hydrogen-bond donors (Lipinski definition) is 1. The van der Waals surface area contributed by atoms with Crippen LogP contribution in [-0.2, 0) is 6.54 Å². The fourth-order valence-corrected chi connectivity index (χ4v) is 2.46. The third kappa shape index (κ3) is 3.70.